The van der Waals surface area contributed by atoms with Crippen LogP contribution in [0.1, 0.15) is 33.6 Å². The Balaban J connectivity index is 2.00. The minimum absolute atomic E-state index is 0.305. The van der Waals surface area contributed by atoms with Crippen molar-refractivity contribution in [2.24, 2.45) is 0 Å². The van der Waals surface area contributed by atoms with E-state index in [1.54, 1.807) is 0 Å². The molecule has 1 fully saturated rings. The number of nitrogens with one attached hydrogen (secondary N) is 1. The van der Waals surface area contributed by atoms with E-state index in [9.17, 15) is 0 Å². The van der Waals surface area contributed by atoms with E-state index >= 15 is 0 Å². The number of anilines is 1. The lowest BCUT2D eigenvalue weighted by Gasteiger charge is -2.33. The second-order valence-electron chi connectivity index (χ2n) is 5.15. The van der Waals surface area contributed by atoms with Crippen molar-refractivity contribution in [2.45, 2.75) is 51.9 Å². The average Bonchev–Trinajstić information content (AvgIpc) is 2.31. The minimum atomic E-state index is 0.305. The molecule has 1 aromatic carbocycles. The molecule has 3 nitrogen and oxygen atoms in total. The molecule has 0 bridgehead atoms. The maximum Gasteiger partial charge on any atom is 0.138 e. The van der Waals surface area contributed by atoms with Crippen LogP contribution in [0.3, 0.4) is 0 Å². The Bertz CT molecular complexity index is 415. The lowest BCUT2D eigenvalue weighted by Crippen LogP contribution is -2.36. The van der Waals surface area contributed by atoms with E-state index in [0.29, 0.717) is 29.9 Å². The molecule has 19 heavy (non-hydrogen) atoms. The summed E-state index contributed by atoms with van der Waals surface area (Å²) in [5.74, 6) is 0.739. The van der Waals surface area contributed by atoms with E-state index in [1.165, 1.54) is 0 Å². The van der Waals surface area contributed by atoms with Crippen LogP contribution in [0.4, 0.5) is 5.69 Å². The van der Waals surface area contributed by atoms with Gasteiger partial charge in [-0.25, -0.2) is 0 Å². The molecule has 2 rings (SSSR count). The molecular formula is C15H22ClNO2. The van der Waals surface area contributed by atoms with Gasteiger partial charge in [0, 0.05) is 11.7 Å². The zero-order valence-electron chi connectivity index (χ0n) is 11.8. The molecule has 0 aromatic heterocycles. The maximum atomic E-state index is 6.19. The van der Waals surface area contributed by atoms with Gasteiger partial charge < -0.3 is 14.8 Å². The summed E-state index contributed by atoms with van der Waals surface area (Å²) in [7, 11) is 0. The van der Waals surface area contributed by atoms with Crippen LogP contribution in [-0.2, 0) is 4.74 Å². The van der Waals surface area contributed by atoms with Crippen LogP contribution in [0.25, 0.3) is 0 Å². The SMILES string of the molecule is CCOc1ccc(NC2CC(C)OC(C)C2)cc1Cl. The number of hydrogen-bond acceptors (Lipinski definition) is 3. The monoisotopic (exact) mass is 283 g/mol. The van der Waals surface area contributed by atoms with Crippen LogP contribution in [0.2, 0.25) is 5.02 Å². The van der Waals surface area contributed by atoms with Gasteiger partial charge in [-0.15, -0.1) is 0 Å². The number of ether oxygens (including phenoxy) is 2. The predicted octanol–water partition coefficient (Wildman–Crippen LogP) is 4.11. The van der Waals surface area contributed by atoms with Crippen LogP contribution in [0, 0.1) is 0 Å². The Hall–Kier alpha value is -0.930. The third-order valence-electron chi connectivity index (χ3n) is 3.30. The summed E-state index contributed by atoms with van der Waals surface area (Å²) in [6.07, 6.45) is 2.66. The van der Waals surface area contributed by atoms with Gasteiger partial charge >= 0.3 is 0 Å². The molecule has 1 N–H and O–H groups in total. The Morgan fingerprint density at radius 2 is 2.00 bits per heavy atom. The molecule has 1 aromatic rings. The first kappa shape index (κ1) is 14.5. The van der Waals surface area contributed by atoms with E-state index in [2.05, 4.69) is 19.2 Å². The van der Waals surface area contributed by atoms with Gasteiger partial charge in [-0.05, 0) is 51.8 Å². The molecule has 0 spiro atoms. The molecule has 1 heterocycles. The van der Waals surface area contributed by atoms with Crippen molar-refractivity contribution in [1.82, 2.24) is 0 Å². The van der Waals surface area contributed by atoms with Gasteiger partial charge in [0.15, 0.2) is 0 Å². The fourth-order valence-corrected chi connectivity index (χ4v) is 2.86. The summed E-state index contributed by atoms with van der Waals surface area (Å²) in [4.78, 5) is 0. The molecule has 1 aliphatic heterocycles. The van der Waals surface area contributed by atoms with Crippen molar-refractivity contribution in [3.05, 3.63) is 23.2 Å². The molecule has 1 saturated heterocycles. The van der Waals surface area contributed by atoms with Crippen LogP contribution in [0.5, 0.6) is 5.75 Å². The predicted molar refractivity (Wildman–Crippen MR) is 79.3 cm³/mol. The van der Waals surface area contributed by atoms with Crippen molar-refractivity contribution in [2.75, 3.05) is 11.9 Å². The summed E-state index contributed by atoms with van der Waals surface area (Å²) in [5, 5.41) is 4.18. The highest BCUT2D eigenvalue weighted by Gasteiger charge is 2.24. The van der Waals surface area contributed by atoms with E-state index < -0.39 is 0 Å². The zero-order chi connectivity index (χ0) is 13.8. The lowest BCUT2D eigenvalue weighted by atomic mass is 9.99. The molecule has 1 aliphatic rings. The maximum absolute atomic E-state index is 6.19. The Labute approximate surface area is 120 Å². The quantitative estimate of drug-likeness (QED) is 0.902. The Morgan fingerprint density at radius 3 is 2.58 bits per heavy atom. The van der Waals surface area contributed by atoms with Crippen molar-refractivity contribution in [1.29, 1.82) is 0 Å². The van der Waals surface area contributed by atoms with Gasteiger partial charge in [0.05, 0.1) is 23.8 Å². The van der Waals surface area contributed by atoms with Crippen molar-refractivity contribution in [3.63, 3.8) is 0 Å². The Kier molecular flexibility index (Phi) is 4.94. The first-order valence-electron chi connectivity index (χ1n) is 6.92. The topological polar surface area (TPSA) is 30.5 Å². The molecule has 0 amide bonds. The third kappa shape index (κ3) is 4.02. The second-order valence-corrected chi connectivity index (χ2v) is 5.56. The highest BCUT2D eigenvalue weighted by Crippen LogP contribution is 2.29. The molecule has 0 radical (unpaired) electrons. The highest BCUT2D eigenvalue weighted by molar-refractivity contribution is 6.32. The van der Waals surface area contributed by atoms with E-state index in [1.807, 2.05) is 25.1 Å². The first-order chi connectivity index (χ1) is 9.08. The van der Waals surface area contributed by atoms with E-state index in [0.717, 1.165) is 24.3 Å². The zero-order valence-corrected chi connectivity index (χ0v) is 12.5. The van der Waals surface area contributed by atoms with Gasteiger partial charge in [0.2, 0.25) is 0 Å². The molecule has 2 atom stereocenters. The Morgan fingerprint density at radius 1 is 1.32 bits per heavy atom. The standard InChI is InChI=1S/C15H22ClNO2/c1-4-18-15-6-5-12(9-14(15)16)17-13-7-10(2)19-11(3)8-13/h5-6,9-11,13,17H,4,7-8H2,1-3H3. The van der Waals surface area contributed by atoms with Crippen LogP contribution >= 0.6 is 11.6 Å². The van der Waals surface area contributed by atoms with E-state index in [4.69, 9.17) is 21.1 Å². The number of halogens is 1. The summed E-state index contributed by atoms with van der Waals surface area (Å²) in [6.45, 7) is 6.82. The normalized spacial score (nSPS) is 27.1. The van der Waals surface area contributed by atoms with Gasteiger partial charge in [-0.1, -0.05) is 11.6 Å². The smallest absolute Gasteiger partial charge is 0.138 e. The minimum Gasteiger partial charge on any atom is -0.492 e. The summed E-state index contributed by atoms with van der Waals surface area (Å²) < 4.78 is 11.2. The molecule has 2 unspecified atom stereocenters. The second kappa shape index (κ2) is 6.49. The number of rotatable bonds is 4. The fraction of sp³-hybridized carbons (Fsp3) is 0.600. The summed E-state index contributed by atoms with van der Waals surface area (Å²) in [6, 6.07) is 6.30. The molecule has 4 heteroatoms. The van der Waals surface area contributed by atoms with E-state index in [-0.39, 0.29) is 0 Å². The van der Waals surface area contributed by atoms with Gasteiger partial charge in [-0.2, -0.15) is 0 Å². The molecule has 0 saturated carbocycles. The highest BCUT2D eigenvalue weighted by atomic mass is 35.5. The summed E-state index contributed by atoms with van der Waals surface area (Å²) in [5.41, 5.74) is 1.04. The number of hydrogen-bond donors (Lipinski definition) is 1. The lowest BCUT2D eigenvalue weighted by molar-refractivity contribution is -0.0337. The summed E-state index contributed by atoms with van der Waals surface area (Å²) >= 11 is 6.19. The molecule has 106 valence electrons. The van der Waals surface area contributed by atoms with Crippen LogP contribution in [-0.4, -0.2) is 24.9 Å². The van der Waals surface area contributed by atoms with Crippen molar-refractivity contribution >= 4 is 17.3 Å². The van der Waals surface area contributed by atoms with Gasteiger partial charge in [0.25, 0.3) is 0 Å². The third-order valence-corrected chi connectivity index (χ3v) is 3.60. The fourth-order valence-electron chi connectivity index (χ4n) is 2.62. The van der Waals surface area contributed by atoms with Gasteiger partial charge in [0.1, 0.15) is 5.75 Å². The van der Waals surface area contributed by atoms with Gasteiger partial charge in [-0.3, -0.25) is 0 Å². The first-order valence-corrected chi connectivity index (χ1v) is 7.30. The average molecular weight is 284 g/mol. The van der Waals surface area contributed by atoms with Crippen molar-refractivity contribution < 1.29 is 9.47 Å². The molecule has 0 aliphatic carbocycles. The molecular weight excluding hydrogens is 262 g/mol. The number of benzene rings is 1. The van der Waals surface area contributed by atoms with Crippen molar-refractivity contribution in [3.8, 4) is 5.75 Å². The largest absolute Gasteiger partial charge is 0.492 e. The van der Waals surface area contributed by atoms with Crippen LogP contribution in [0.15, 0.2) is 18.2 Å². The van der Waals surface area contributed by atoms with Crippen LogP contribution < -0.4 is 10.1 Å².